The van der Waals surface area contributed by atoms with Gasteiger partial charge in [-0.25, -0.2) is 0 Å². The molecule has 0 amide bonds. The molecular formula is C10H16O2. The number of hydrogen-bond donors (Lipinski definition) is 2. The van der Waals surface area contributed by atoms with E-state index in [0.717, 1.165) is 0 Å². The molecule has 2 N–H and O–H groups in total. The van der Waals surface area contributed by atoms with Crippen LogP contribution >= 0.6 is 0 Å². The fourth-order valence-electron chi connectivity index (χ4n) is 1.49. The summed E-state index contributed by atoms with van der Waals surface area (Å²) in [7, 11) is 0. The molecule has 0 fully saturated rings. The topological polar surface area (TPSA) is 40.5 Å². The average Bonchev–Trinajstić information content (AvgIpc) is 2.14. The van der Waals surface area contributed by atoms with Crippen LogP contribution < -0.4 is 0 Å². The SMILES string of the molecule is C=C1C=C[C@H](C)[C@H](O)[C@H](C)[C@H]1O. The molecule has 0 spiro atoms. The third kappa shape index (κ3) is 1.59. The van der Waals surface area contributed by atoms with Gasteiger partial charge in [0, 0.05) is 11.8 Å². The first kappa shape index (κ1) is 9.49. The third-order valence-electron chi connectivity index (χ3n) is 2.57. The molecule has 0 aromatic rings. The molecule has 0 heterocycles. The minimum Gasteiger partial charge on any atom is -0.392 e. The van der Waals surface area contributed by atoms with Crippen molar-refractivity contribution in [2.75, 3.05) is 0 Å². The smallest absolute Gasteiger partial charge is 0.0834 e. The second kappa shape index (κ2) is 3.42. The minimum atomic E-state index is -0.610. The Labute approximate surface area is 73.2 Å². The molecule has 1 aliphatic rings. The second-order valence-electron chi connectivity index (χ2n) is 3.59. The summed E-state index contributed by atoms with van der Waals surface area (Å²) >= 11 is 0. The van der Waals surface area contributed by atoms with Gasteiger partial charge in [-0.05, 0) is 5.57 Å². The zero-order valence-electron chi connectivity index (χ0n) is 7.57. The maximum atomic E-state index is 9.66. The Kier molecular flexibility index (Phi) is 2.70. The number of hydrogen-bond acceptors (Lipinski definition) is 2. The van der Waals surface area contributed by atoms with Gasteiger partial charge in [0.15, 0.2) is 0 Å². The van der Waals surface area contributed by atoms with Crippen LogP contribution in [0.25, 0.3) is 0 Å². The van der Waals surface area contributed by atoms with Crippen LogP contribution in [0.4, 0.5) is 0 Å². The zero-order valence-corrected chi connectivity index (χ0v) is 7.57. The standard InChI is InChI=1S/C10H16O2/c1-6-4-5-7(2)10(12)8(3)9(6)11/h4-5,7-12H,1H2,2-3H3/t7-,8+,9-,10-/m0/s1. The van der Waals surface area contributed by atoms with E-state index in [4.69, 9.17) is 0 Å². The van der Waals surface area contributed by atoms with Gasteiger partial charge in [-0.1, -0.05) is 32.6 Å². The lowest BCUT2D eigenvalue weighted by Gasteiger charge is -2.24. The second-order valence-corrected chi connectivity index (χ2v) is 3.59. The van der Waals surface area contributed by atoms with Gasteiger partial charge in [-0.2, -0.15) is 0 Å². The number of aliphatic hydroxyl groups excluding tert-OH is 2. The molecule has 0 saturated carbocycles. The van der Waals surface area contributed by atoms with Crippen molar-refractivity contribution in [2.45, 2.75) is 26.1 Å². The quantitative estimate of drug-likeness (QED) is 0.568. The summed E-state index contributed by atoms with van der Waals surface area (Å²) in [5.41, 5.74) is 0.686. The Morgan fingerprint density at radius 1 is 1.33 bits per heavy atom. The van der Waals surface area contributed by atoms with Crippen molar-refractivity contribution >= 4 is 0 Å². The molecule has 2 nitrogen and oxygen atoms in total. The third-order valence-corrected chi connectivity index (χ3v) is 2.57. The lowest BCUT2D eigenvalue weighted by molar-refractivity contribution is 0.0242. The van der Waals surface area contributed by atoms with Gasteiger partial charge >= 0.3 is 0 Å². The zero-order chi connectivity index (χ0) is 9.30. The van der Waals surface area contributed by atoms with Crippen LogP contribution in [0, 0.1) is 11.8 Å². The lowest BCUT2D eigenvalue weighted by atomic mass is 9.90. The van der Waals surface area contributed by atoms with E-state index in [1.54, 1.807) is 6.08 Å². The van der Waals surface area contributed by atoms with E-state index in [2.05, 4.69) is 6.58 Å². The predicted octanol–water partition coefficient (Wildman–Crippen LogP) is 1.11. The van der Waals surface area contributed by atoms with Crippen LogP contribution in [0.1, 0.15) is 13.8 Å². The van der Waals surface area contributed by atoms with E-state index in [0.29, 0.717) is 5.57 Å². The molecule has 0 aromatic heterocycles. The minimum absolute atomic E-state index is 0.0916. The van der Waals surface area contributed by atoms with Crippen LogP contribution in [-0.4, -0.2) is 22.4 Å². The van der Waals surface area contributed by atoms with Crippen molar-refractivity contribution in [2.24, 2.45) is 11.8 Å². The molecule has 12 heavy (non-hydrogen) atoms. The molecule has 2 heteroatoms. The van der Waals surface area contributed by atoms with Gasteiger partial charge in [0.2, 0.25) is 0 Å². The number of aliphatic hydroxyl groups is 2. The van der Waals surface area contributed by atoms with Gasteiger partial charge in [-0.3, -0.25) is 0 Å². The van der Waals surface area contributed by atoms with Crippen LogP contribution in [-0.2, 0) is 0 Å². The molecule has 0 saturated heterocycles. The Hall–Kier alpha value is -0.600. The van der Waals surface area contributed by atoms with E-state index < -0.39 is 12.2 Å². The molecule has 0 radical (unpaired) electrons. The summed E-state index contributed by atoms with van der Waals surface area (Å²) in [6.45, 7) is 7.50. The molecule has 68 valence electrons. The highest BCUT2D eigenvalue weighted by atomic mass is 16.3. The fraction of sp³-hybridized carbons (Fsp3) is 0.600. The van der Waals surface area contributed by atoms with Crippen LogP contribution in [0.15, 0.2) is 24.3 Å². The predicted molar refractivity (Wildman–Crippen MR) is 48.6 cm³/mol. The van der Waals surface area contributed by atoms with Gasteiger partial charge in [0.1, 0.15) is 0 Å². The summed E-state index contributed by atoms with van der Waals surface area (Å²) in [6, 6.07) is 0. The van der Waals surface area contributed by atoms with Crippen LogP contribution in [0.2, 0.25) is 0 Å². The van der Waals surface area contributed by atoms with Gasteiger partial charge < -0.3 is 10.2 Å². The van der Waals surface area contributed by atoms with Crippen LogP contribution in [0.3, 0.4) is 0 Å². The summed E-state index contributed by atoms with van der Waals surface area (Å²) < 4.78 is 0. The Bertz CT molecular complexity index is 208. The summed E-state index contributed by atoms with van der Waals surface area (Å²) in [5, 5.41) is 19.3. The summed E-state index contributed by atoms with van der Waals surface area (Å²) in [6.07, 6.45) is 2.60. The van der Waals surface area contributed by atoms with E-state index in [9.17, 15) is 10.2 Å². The highest BCUT2D eigenvalue weighted by Gasteiger charge is 2.28. The first-order valence-electron chi connectivity index (χ1n) is 4.27. The fourth-order valence-corrected chi connectivity index (χ4v) is 1.49. The molecule has 1 aliphatic carbocycles. The normalized spacial score (nSPS) is 42.8. The average molecular weight is 168 g/mol. The van der Waals surface area contributed by atoms with E-state index in [1.807, 2.05) is 19.9 Å². The van der Waals surface area contributed by atoms with Gasteiger partial charge in [0.05, 0.1) is 12.2 Å². The van der Waals surface area contributed by atoms with Crippen molar-refractivity contribution in [3.05, 3.63) is 24.3 Å². The lowest BCUT2D eigenvalue weighted by Crippen LogP contribution is -2.32. The van der Waals surface area contributed by atoms with E-state index >= 15 is 0 Å². The maximum Gasteiger partial charge on any atom is 0.0834 e. The van der Waals surface area contributed by atoms with E-state index in [-0.39, 0.29) is 11.8 Å². The number of rotatable bonds is 0. The van der Waals surface area contributed by atoms with Gasteiger partial charge in [-0.15, -0.1) is 0 Å². The molecular weight excluding hydrogens is 152 g/mol. The molecule has 0 unspecified atom stereocenters. The Balaban J connectivity index is 2.86. The van der Waals surface area contributed by atoms with Crippen molar-refractivity contribution in [1.82, 2.24) is 0 Å². The summed E-state index contributed by atoms with van der Waals surface area (Å²) in [4.78, 5) is 0. The van der Waals surface area contributed by atoms with Crippen molar-refractivity contribution in [1.29, 1.82) is 0 Å². The largest absolute Gasteiger partial charge is 0.392 e. The van der Waals surface area contributed by atoms with Crippen molar-refractivity contribution < 1.29 is 10.2 Å². The maximum absolute atomic E-state index is 9.66. The monoisotopic (exact) mass is 168 g/mol. The van der Waals surface area contributed by atoms with Crippen molar-refractivity contribution in [3.8, 4) is 0 Å². The highest BCUT2D eigenvalue weighted by Crippen LogP contribution is 2.25. The van der Waals surface area contributed by atoms with Crippen molar-refractivity contribution in [3.63, 3.8) is 0 Å². The first-order valence-corrected chi connectivity index (χ1v) is 4.27. The molecule has 0 aliphatic heterocycles. The van der Waals surface area contributed by atoms with Crippen LogP contribution in [0.5, 0.6) is 0 Å². The molecule has 0 aromatic carbocycles. The molecule has 1 rings (SSSR count). The van der Waals surface area contributed by atoms with Gasteiger partial charge in [0.25, 0.3) is 0 Å². The Morgan fingerprint density at radius 2 is 1.92 bits per heavy atom. The first-order chi connectivity index (χ1) is 5.54. The Morgan fingerprint density at radius 3 is 2.50 bits per heavy atom. The van der Waals surface area contributed by atoms with E-state index in [1.165, 1.54) is 0 Å². The highest BCUT2D eigenvalue weighted by molar-refractivity contribution is 5.23. The molecule has 0 bridgehead atoms. The molecule has 4 atom stereocenters. The summed E-state index contributed by atoms with van der Waals surface area (Å²) in [5.74, 6) is -0.0450.